The fourth-order valence-electron chi connectivity index (χ4n) is 3.07. The predicted molar refractivity (Wildman–Crippen MR) is 94.5 cm³/mol. The van der Waals surface area contributed by atoms with Gasteiger partial charge in [0.15, 0.2) is 0 Å². The number of carbonyl (C=O) groups excluding carboxylic acids is 2. The number of carbonyl (C=O) groups is 2. The molecule has 134 valence electrons. The van der Waals surface area contributed by atoms with Gasteiger partial charge in [0.05, 0.1) is 33.3 Å². The van der Waals surface area contributed by atoms with Gasteiger partial charge in [-0.1, -0.05) is 12.1 Å². The van der Waals surface area contributed by atoms with E-state index >= 15 is 0 Å². The number of nitro benzene ring substituents is 1. The molecule has 4 rings (SSSR count). The lowest BCUT2D eigenvalue weighted by atomic mass is 10.1. The van der Waals surface area contributed by atoms with Crippen LogP contribution in [0.3, 0.4) is 0 Å². The quantitative estimate of drug-likeness (QED) is 0.394. The molecule has 1 aromatic heterocycles. The summed E-state index contributed by atoms with van der Waals surface area (Å²) in [5.74, 6) is -0.791. The number of benzene rings is 2. The van der Waals surface area contributed by atoms with Gasteiger partial charge in [0.1, 0.15) is 0 Å². The second-order valence-electron chi connectivity index (χ2n) is 6.01. The highest BCUT2D eigenvalue weighted by atomic mass is 16.6. The van der Waals surface area contributed by atoms with E-state index in [2.05, 4.69) is 4.98 Å². The number of nitro groups is 1. The van der Waals surface area contributed by atoms with Crippen molar-refractivity contribution in [1.29, 1.82) is 0 Å². The molecular formula is C18H12N4O5. The molecule has 0 radical (unpaired) electrons. The molecule has 2 aromatic carbocycles. The Bertz CT molecular complexity index is 1150. The monoisotopic (exact) mass is 364 g/mol. The van der Waals surface area contributed by atoms with Crippen molar-refractivity contribution < 1.29 is 14.5 Å². The van der Waals surface area contributed by atoms with Crippen LogP contribution in [-0.4, -0.2) is 37.7 Å². The summed E-state index contributed by atoms with van der Waals surface area (Å²) in [7, 11) is 0. The number of non-ortho nitro benzene ring substituents is 1. The van der Waals surface area contributed by atoms with Crippen molar-refractivity contribution in [2.45, 2.75) is 6.54 Å². The maximum Gasteiger partial charge on any atom is 0.271 e. The number of hydrogen-bond donors (Lipinski definition) is 0. The van der Waals surface area contributed by atoms with E-state index in [1.165, 1.54) is 29.1 Å². The summed E-state index contributed by atoms with van der Waals surface area (Å²) in [6.45, 7) is 0.0939. The number of nitrogens with zero attached hydrogens (tertiary/aromatic N) is 4. The van der Waals surface area contributed by atoms with Crippen LogP contribution in [0.2, 0.25) is 0 Å². The Morgan fingerprint density at radius 3 is 2.26 bits per heavy atom. The summed E-state index contributed by atoms with van der Waals surface area (Å²) in [6.07, 6.45) is 1.26. The topological polar surface area (TPSA) is 115 Å². The van der Waals surface area contributed by atoms with E-state index in [4.69, 9.17) is 0 Å². The van der Waals surface area contributed by atoms with Crippen molar-refractivity contribution in [2.24, 2.45) is 0 Å². The molecule has 27 heavy (non-hydrogen) atoms. The molecule has 0 saturated carbocycles. The molecule has 0 N–H and O–H groups in total. The summed E-state index contributed by atoms with van der Waals surface area (Å²) in [5.41, 5.74) is 0.355. The average molecular weight is 364 g/mol. The Labute approximate surface area is 151 Å². The second-order valence-corrected chi connectivity index (χ2v) is 6.01. The van der Waals surface area contributed by atoms with Crippen LogP contribution in [0.25, 0.3) is 10.9 Å². The molecule has 0 saturated heterocycles. The van der Waals surface area contributed by atoms with E-state index in [1.807, 2.05) is 0 Å². The van der Waals surface area contributed by atoms with E-state index < -0.39 is 22.3 Å². The van der Waals surface area contributed by atoms with Gasteiger partial charge in [-0.25, -0.2) is 4.98 Å². The predicted octanol–water partition coefficient (Wildman–Crippen LogP) is 1.60. The molecule has 0 fully saturated rings. The van der Waals surface area contributed by atoms with Crippen LogP contribution in [0.15, 0.2) is 53.6 Å². The maximum absolute atomic E-state index is 12.6. The molecule has 1 aliphatic rings. The minimum Gasteiger partial charge on any atom is -0.297 e. The van der Waals surface area contributed by atoms with E-state index in [0.29, 0.717) is 11.1 Å². The van der Waals surface area contributed by atoms with Gasteiger partial charge in [-0.05, 0) is 18.2 Å². The lowest BCUT2D eigenvalue weighted by Crippen LogP contribution is -2.35. The number of rotatable bonds is 4. The first-order chi connectivity index (χ1) is 13.0. The molecule has 0 aliphatic carbocycles. The second kappa shape index (κ2) is 6.13. The molecule has 2 heterocycles. The third kappa shape index (κ3) is 2.65. The Kier molecular flexibility index (Phi) is 3.76. The van der Waals surface area contributed by atoms with Crippen LogP contribution in [-0.2, 0) is 6.54 Å². The van der Waals surface area contributed by atoms with Gasteiger partial charge in [0.2, 0.25) is 0 Å². The molecule has 9 nitrogen and oxygen atoms in total. The van der Waals surface area contributed by atoms with Gasteiger partial charge in [-0.2, -0.15) is 0 Å². The Balaban J connectivity index is 1.60. The van der Waals surface area contributed by atoms with Crippen LogP contribution >= 0.6 is 0 Å². The molecule has 0 spiro atoms. The van der Waals surface area contributed by atoms with E-state index in [-0.39, 0.29) is 29.7 Å². The maximum atomic E-state index is 12.6. The highest BCUT2D eigenvalue weighted by molar-refractivity contribution is 6.21. The lowest BCUT2D eigenvalue weighted by Gasteiger charge is -2.14. The normalized spacial score (nSPS) is 13.3. The first kappa shape index (κ1) is 16.6. The molecular weight excluding hydrogens is 352 g/mol. The third-order valence-corrected chi connectivity index (χ3v) is 4.46. The van der Waals surface area contributed by atoms with Crippen molar-refractivity contribution >= 4 is 28.4 Å². The Morgan fingerprint density at radius 2 is 1.63 bits per heavy atom. The van der Waals surface area contributed by atoms with Crippen LogP contribution in [0.5, 0.6) is 0 Å². The zero-order valence-electron chi connectivity index (χ0n) is 13.9. The average Bonchev–Trinajstić information content (AvgIpc) is 2.92. The Hall–Kier alpha value is -3.88. The van der Waals surface area contributed by atoms with Crippen molar-refractivity contribution in [3.8, 4) is 0 Å². The van der Waals surface area contributed by atoms with Crippen molar-refractivity contribution in [3.05, 3.63) is 80.4 Å². The first-order valence-electron chi connectivity index (χ1n) is 8.06. The highest BCUT2D eigenvalue weighted by Gasteiger charge is 2.34. The van der Waals surface area contributed by atoms with Crippen LogP contribution in [0.1, 0.15) is 20.7 Å². The zero-order valence-corrected chi connectivity index (χ0v) is 13.9. The standard InChI is InChI=1S/C18H12N4O5/c23-16-14-6-5-11(22(26)27)9-15(14)19-10-20(16)7-8-21-17(24)12-3-1-2-4-13(12)18(21)25/h1-6,9-10H,7-8H2. The van der Waals surface area contributed by atoms with E-state index in [1.54, 1.807) is 24.3 Å². The number of fused-ring (bicyclic) bond motifs is 2. The smallest absolute Gasteiger partial charge is 0.271 e. The molecule has 0 unspecified atom stereocenters. The largest absolute Gasteiger partial charge is 0.297 e. The highest BCUT2D eigenvalue weighted by Crippen LogP contribution is 2.22. The van der Waals surface area contributed by atoms with Gasteiger partial charge < -0.3 is 0 Å². The summed E-state index contributed by atoms with van der Waals surface area (Å²) < 4.78 is 1.28. The molecule has 1 aliphatic heterocycles. The fourth-order valence-corrected chi connectivity index (χ4v) is 3.07. The number of imide groups is 1. The third-order valence-electron chi connectivity index (χ3n) is 4.46. The number of aromatic nitrogens is 2. The summed E-state index contributed by atoms with van der Waals surface area (Å²) >= 11 is 0. The van der Waals surface area contributed by atoms with Crippen molar-refractivity contribution in [1.82, 2.24) is 14.5 Å². The van der Waals surface area contributed by atoms with Crippen LogP contribution in [0.4, 0.5) is 5.69 Å². The summed E-state index contributed by atoms with van der Waals surface area (Å²) in [6, 6.07) is 10.4. The minimum atomic E-state index is -0.561. The van der Waals surface area contributed by atoms with E-state index in [0.717, 1.165) is 4.90 Å². The number of hydrogen-bond acceptors (Lipinski definition) is 6. The molecule has 0 bridgehead atoms. The van der Waals surface area contributed by atoms with Crippen molar-refractivity contribution in [2.75, 3.05) is 6.54 Å². The fraction of sp³-hybridized carbons (Fsp3) is 0.111. The van der Waals surface area contributed by atoms with Crippen LogP contribution < -0.4 is 5.56 Å². The zero-order chi connectivity index (χ0) is 19.1. The Morgan fingerprint density at radius 1 is 0.963 bits per heavy atom. The van der Waals surface area contributed by atoms with E-state index in [9.17, 15) is 24.5 Å². The summed E-state index contributed by atoms with van der Waals surface area (Å²) in [5, 5.41) is 11.1. The molecule has 9 heteroatoms. The minimum absolute atomic E-state index is 0.0203. The van der Waals surface area contributed by atoms with Gasteiger partial charge in [-0.15, -0.1) is 0 Å². The molecule has 3 aromatic rings. The van der Waals surface area contributed by atoms with Gasteiger partial charge in [-0.3, -0.25) is 34.0 Å². The SMILES string of the molecule is O=C1c2ccccc2C(=O)N1CCn1cnc2cc([N+](=O)[O-])ccc2c1=O. The van der Waals surface area contributed by atoms with Gasteiger partial charge in [0, 0.05) is 25.2 Å². The lowest BCUT2D eigenvalue weighted by molar-refractivity contribution is -0.384. The van der Waals surface area contributed by atoms with Gasteiger partial charge >= 0.3 is 0 Å². The molecule has 0 atom stereocenters. The summed E-state index contributed by atoms with van der Waals surface area (Å²) in [4.78, 5) is 52.7. The van der Waals surface area contributed by atoms with Crippen LogP contribution in [0, 0.1) is 10.1 Å². The first-order valence-corrected chi connectivity index (χ1v) is 8.06. The number of amides is 2. The van der Waals surface area contributed by atoms with Gasteiger partial charge in [0.25, 0.3) is 23.1 Å². The molecule has 2 amide bonds. The van der Waals surface area contributed by atoms with Crippen molar-refractivity contribution in [3.63, 3.8) is 0 Å².